The van der Waals surface area contributed by atoms with Gasteiger partial charge in [0, 0.05) is 19.2 Å². The minimum absolute atomic E-state index is 0.0960. The number of carbonyl (C=O) groups excluding carboxylic acids is 1. The number of aromatic nitrogens is 4. The molecule has 32 heavy (non-hydrogen) atoms. The fourth-order valence-electron chi connectivity index (χ4n) is 3.70. The molecule has 1 unspecified atom stereocenters. The van der Waals surface area contributed by atoms with Crippen LogP contribution >= 0.6 is 0 Å². The molecule has 0 spiro atoms. The molecule has 9 nitrogen and oxygen atoms in total. The second kappa shape index (κ2) is 9.21. The van der Waals surface area contributed by atoms with Gasteiger partial charge in [-0.25, -0.2) is 14.4 Å². The molecule has 1 atom stereocenters. The Morgan fingerprint density at radius 1 is 1.16 bits per heavy atom. The van der Waals surface area contributed by atoms with Crippen LogP contribution in [0, 0.1) is 5.82 Å². The Bertz CT molecular complexity index is 1100. The predicted octanol–water partition coefficient (Wildman–Crippen LogP) is 2.72. The number of methoxy groups -OCH3 is 2. The quantitative estimate of drug-likeness (QED) is 0.581. The molecule has 1 aromatic carbocycles. The standard InChI is InChI=1S/C22H24FN5O4/c1-27-19(10-18(26-27)17-9-15(30-2)6-7-20(17)31-3)21(29)28-8-4-5-16(13-28)32-22-24-11-14(23)12-25-22/h6-7,9-12,16H,4-5,8,13H2,1-3H3. The smallest absolute Gasteiger partial charge is 0.316 e. The maximum Gasteiger partial charge on any atom is 0.316 e. The number of aryl methyl sites for hydroxylation is 1. The Morgan fingerprint density at radius 2 is 1.94 bits per heavy atom. The van der Waals surface area contributed by atoms with Crippen molar-refractivity contribution in [3.8, 4) is 28.8 Å². The van der Waals surface area contributed by atoms with Crippen molar-refractivity contribution in [3.63, 3.8) is 0 Å². The van der Waals surface area contributed by atoms with Crippen molar-refractivity contribution in [1.82, 2.24) is 24.6 Å². The van der Waals surface area contributed by atoms with Gasteiger partial charge in [-0.1, -0.05) is 0 Å². The van der Waals surface area contributed by atoms with E-state index in [1.54, 1.807) is 49.0 Å². The van der Waals surface area contributed by atoms with Crippen molar-refractivity contribution < 1.29 is 23.4 Å². The van der Waals surface area contributed by atoms with Gasteiger partial charge >= 0.3 is 6.01 Å². The Labute approximate surface area is 184 Å². The Kier molecular flexibility index (Phi) is 6.20. The number of piperidine rings is 1. The van der Waals surface area contributed by atoms with E-state index < -0.39 is 5.82 Å². The van der Waals surface area contributed by atoms with Crippen LogP contribution in [0.5, 0.6) is 17.5 Å². The van der Waals surface area contributed by atoms with Crippen LogP contribution in [0.4, 0.5) is 4.39 Å². The Hall–Kier alpha value is -3.69. The molecule has 10 heteroatoms. The van der Waals surface area contributed by atoms with Crippen molar-refractivity contribution in [2.45, 2.75) is 18.9 Å². The largest absolute Gasteiger partial charge is 0.497 e. The van der Waals surface area contributed by atoms with Gasteiger partial charge < -0.3 is 19.1 Å². The zero-order valence-corrected chi connectivity index (χ0v) is 18.1. The van der Waals surface area contributed by atoms with Gasteiger partial charge in [-0.05, 0) is 37.1 Å². The highest BCUT2D eigenvalue weighted by Crippen LogP contribution is 2.33. The number of amides is 1. The zero-order valence-electron chi connectivity index (χ0n) is 18.1. The summed E-state index contributed by atoms with van der Waals surface area (Å²) in [6.45, 7) is 0.981. The van der Waals surface area contributed by atoms with Crippen LogP contribution in [0.2, 0.25) is 0 Å². The third-order valence-corrected chi connectivity index (χ3v) is 5.32. The molecule has 1 aliphatic rings. The van der Waals surface area contributed by atoms with Gasteiger partial charge in [0.2, 0.25) is 0 Å². The molecule has 1 aliphatic heterocycles. The monoisotopic (exact) mass is 441 g/mol. The third-order valence-electron chi connectivity index (χ3n) is 5.32. The highest BCUT2D eigenvalue weighted by atomic mass is 19.1. The number of benzene rings is 1. The topological polar surface area (TPSA) is 91.6 Å². The van der Waals surface area contributed by atoms with Crippen molar-refractivity contribution in [2.24, 2.45) is 7.05 Å². The first kappa shape index (κ1) is 21.5. The second-order valence-electron chi connectivity index (χ2n) is 7.42. The first-order valence-electron chi connectivity index (χ1n) is 10.2. The summed E-state index contributed by atoms with van der Waals surface area (Å²) in [5.74, 6) is 0.617. The molecule has 0 radical (unpaired) electrons. The molecule has 3 aromatic rings. The predicted molar refractivity (Wildman–Crippen MR) is 113 cm³/mol. The van der Waals surface area contributed by atoms with Crippen molar-refractivity contribution in [1.29, 1.82) is 0 Å². The molecule has 3 heterocycles. The Balaban J connectivity index is 1.52. The number of halogens is 1. The van der Waals surface area contributed by atoms with E-state index in [-0.39, 0.29) is 18.0 Å². The van der Waals surface area contributed by atoms with E-state index in [2.05, 4.69) is 15.1 Å². The van der Waals surface area contributed by atoms with E-state index in [0.29, 0.717) is 36.0 Å². The molecular formula is C22H24FN5O4. The number of ether oxygens (including phenoxy) is 3. The maximum atomic E-state index is 13.3. The van der Waals surface area contributed by atoms with Crippen LogP contribution in [0.1, 0.15) is 23.3 Å². The van der Waals surface area contributed by atoms with E-state index >= 15 is 0 Å². The lowest BCUT2D eigenvalue weighted by Crippen LogP contribution is -2.45. The SMILES string of the molecule is COc1ccc(OC)c(-c2cc(C(=O)N3CCCC(Oc4ncc(F)cn4)C3)n(C)n2)c1. The summed E-state index contributed by atoms with van der Waals surface area (Å²) in [5.41, 5.74) is 1.79. The van der Waals surface area contributed by atoms with E-state index in [9.17, 15) is 9.18 Å². The van der Waals surface area contributed by atoms with Gasteiger partial charge in [0.05, 0.1) is 38.9 Å². The molecule has 0 bridgehead atoms. The molecular weight excluding hydrogens is 417 g/mol. The summed E-state index contributed by atoms with van der Waals surface area (Å²) in [6.07, 6.45) is 3.36. The lowest BCUT2D eigenvalue weighted by atomic mass is 10.1. The number of likely N-dealkylation sites (tertiary alicyclic amines) is 1. The van der Waals surface area contributed by atoms with Crippen LogP contribution in [-0.4, -0.2) is 64.0 Å². The molecule has 0 saturated carbocycles. The number of hydrogen-bond acceptors (Lipinski definition) is 7. The second-order valence-corrected chi connectivity index (χ2v) is 7.42. The summed E-state index contributed by atoms with van der Waals surface area (Å²) in [7, 11) is 4.90. The van der Waals surface area contributed by atoms with Crippen LogP contribution in [0.25, 0.3) is 11.3 Å². The molecule has 1 saturated heterocycles. The van der Waals surface area contributed by atoms with Crippen molar-refractivity contribution >= 4 is 5.91 Å². The summed E-state index contributed by atoms with van der Waals surface area (Å²) < 4.78 is 31.1. The normalized spacial score (nSPS) is 16.0. The maximum absolute atomic E-state index is 13.3. The fourth-order valence-corrected chi connectivity index (χ4v) is 3.70. The highest BCUT2D eigenvalue weighted by molar-refractivity contribution is 5.94. The molecule has 1 fully saturated rings. The van der Waals surface area contributed by atoms with Gasteiger partial charge in [-0.3, -0.25) is 9.48 Å². The van der Waals surface area contributed by atoms with E-state index in [1.165, 1.54) is 0 Å². The lowest BCUT2D eigenvalue weighted by Gasteiger charge is -2.32. The number of carbonyl (C=O) groups is 1. The molecule has 0 aliphatic carbocycles. The summed E-state index contributed by atoms with van der Waals surface area (Å²) in [6, 6.07) is 7.26. The van der Waals surface area contributed by atoms with Crippen molar-refractivity contribution in [3.05, 3.63) is 48.2 Å². The van der Waals surface area contributed by atoms with E-state index in [0.717, 1.165) is 30.8 Å². The molecule has 168 valence electrons. The third kappa shape index (κ3) is 4.48. The minimum Gasteiger partial charge on any atom is -0.497 e. The van der Waals surface area contributed by atoms with Crippen LogP contribution in [-0.2, 0) is 7.05 Å². The first-order chi connectivity index (χ1) is 15.5. The van der Waals surface area contributed by atoms with Gasteiger partial charge in [-0.15, -0.1) is 0 Å². The van der Waals surface area contributed by atoms with Crippen LogP contribution in [0.3, 0.4) is 0 Å². The number of rotatable bonds is 6. The van der Waals surface area contributed by atoms with Gasteiger partial charge in [-0.2, -0.15) is 5.10 Å². The molecule has 0 N–H and O–H groups in total. The average molecular weight is 441 g/mol. The fraction of sp³-hybridized carbons (Fsp3) is 0.364. The number of nitrogens with zero attached hydrogens (tertiary/aromatic N) is 5. The molecule has 4 rings (SSSR count). The van der Waals surface area contributed by atoms with E-state index in [4.69, 9.17) is 14.2 Å². The minimum atomic E-state index is -0.530. The average Bonchev–Trinajstić information content (AvgIpc) is 3.21. The first-order valence-corrected chi connectivity index (χ1v) is 10.2. The van der Waals surface area contributed by atoms with Crippen LogP contribution < -0.4 is 14.2 Å². The van der Waals surface area contributed by atoms with Gasteiger partial charge in [0.25, 0.3) is 5.91 Å². The van der Waals surface area contributed by atoms with Gasteiger partial charge in [0.1, 0.15) is 23.3 Å². The highest BCUT2D eigenvalue weighted by Gasteiger charge is 2.28. The summed E-state index contributed by atoms with van der Waals surface area (Å²) in [4.78, 5) is 22.6. The Morgan fingerprint density at radius 3 is 2.66 bits per heavy atom. The summed E-state index contributed by atoms with van der Waals surface area (Å²) in [5, 5.41) is 4.52. The van der Waals surface area contributed by atoms with Crippen molar-refractivity contribution in [2.75, 3.05) is 27.3 Å². The lowest BCUT2D eigenvalue weighted by molar-refractivity contribution is 0.0506. The van der Waals surface area contributed by atoms with Crippen LogP contribution in [0.15, 0.2) is 36.7 Å². The zero-order chi connectivity index (χ0) is 22.7. The molecule has 2 aromatic heterocycles. The number of hydrogen-bond donors (Lipinski definition) is 0. The van der Waals surface area contributed by atoms with Gasteiger partial charge in [0.15, 0.2) is 5.82 Å². The summed E-state index contributed by atoms with van der Waals surface area (Å²) >= 11 is 0. The van der Waals surface area contributed by atoms with E-state index in [1.807, 2.05) is 6.07 Å². The molecule has 1 amide bonds.